The molecule has 0 unspecified atom stereocenters. The number of carbonyl (C=O) groups is 1. The number of hydrogen-bond acceptors (Lipinski definition) is 4. The maximum absolute atomic E-state index is 14.3. The highest BCUT2D eigenvalue weighted by Crippen LogP contribution is 2.48. The van der Waals surface area contributed by atoms with Gasteiger partial charge < -0.3 is 9.32 Å². The Morgan fingerprint density at radius 1 is 0.935 bits per heavy atom. The lowest BCUT2D eigenvalue weighted by molar-refractivity contribution is -0.125. The molecular formula is C26H31N3O2. The summed E-state index contributed by atoms with van der Waals surface area (Å²) in [5.41, 5.74) is 2.36. The molecule has 5 nitrogen and oxygen atoms in total. The van der Waals surface area contributed by atoms with Crippen molar-refractivity contribution in [3.05, 3.63) is 89.9 Å². The van der Waals surface area contributed by atoms with Crippen LogP contribution in [0.5, 0.6) is 0 Å². The number of benzene rings is 2. The summed E-state index contributed by atoms with van der Waals surface area (Å²) in [4.78, 5) is 16.7. The van der Waals surface area contributed by atoms with E-state index in [0.717, 1.165) is 48.6 Å². The van der Waals surface area contributed by atoms with Gasteiger partial charge in [0.1, 0.15) is 11.2 Å². The van der Waals surface area contributed by atoms with Crippen molar-refractivity contribution >= 4 is 11.6 Å². The Morgan fingerprint density at radius 2 is 1.65 bits per heavy atom. The molecular weight excluding hydrogens is 386 g/mol. The van der Waals surface area contributed by atoms with Crippen molar-refractivity contribution in [2.45, 2.75) is 32.2 Å². The Labute approximate surface area is 184 Å². The van der Waals surface area contributed by atoms with Crippen LogP contribution in [0.15, 0.2) is 77.4 Å². The highest BCUT2D eigenvalue weighted by Gasteiger charge is 2.53. The van der Waals surface area contributed by atoms with Crippen LogP contribution in [-0.2, 0) is 16.8 Å². The number of rotatable bonds is 9. The monoisotopic (exact) mass is 417 g/mol. The van der Waals surface area contributed by atoms with Crippen LogP contribution in [0.4, 0.5) is 5.69 Å². The zero-order chi connectivity index (χ0) is 21.8. The molecule has 0 saturated carbocycles. The van der Waals surface area contributed by atoms with Crippen molar-refractivity contribution in [2.24, 2.45) is 0 Å². The Balaban J connectivity index is 1.79. The van der Waals surface area contributed by atoms with Gasteiger partial charge in [0.25, 0.3) is 5.91 Å². The standard InChI is InChI=1S/C26H31N3O2/c1-4-28(5-2)18-17-26(21-12-7-6-8-13-21)23-15-9-10-16-24(23)29(25(26)30)27(3)20-22-14-11-19-31-22/h6-16,19H,4-5,17-18,20H2,1-3H3/t26-/m0/s1. The molecule has 0 N–H and O–H groups in total. The third kappa shape index (κ3) is 3.80. The zero-order valence-electron chi connectivity index (χ0n) is 18.6. The van der Waals surface area contributed by atoms with Crippen LogP contribution in [0.1, 0.15) is 37.2 Å². The number of furan rings is 1. The molecule has 0 radical (unpaired) electrons. The lowest BCUT2D eigenvalue weighted by Crippen LogP contribution is -2.49. The van der Waals surface area contributed by atoms with Crippen LogP contribution < -0.4 is 5.01 Å². The summed E-state index contributed by atoms with van der Waals surface area (Å²) in [6, 6.07) is 22.3. The van der Waals surface area contributed by atoms with Crippen molar-refractivity contribution in [3.63, 3.8) is 0 Å². The van der Waals surface area contributed by atoms with Gasteiger partial charge in [-0.3, -0.25) is 4.79 Å². The molecule has 0 saturated heterocycles. The minimum Gasteiger partial charge on any atom is -0.468 e. The molecule has 3 aromatic rings. The minimum absolute atomic E-state index is 0.0983. The molecule has 1 amide bonds. The van der Waals surface area contributed by atoms with Gasteiger partial charge in [0.15, 0.2) is 0 Å². The van der Waals surface area contributed by atoms with Crippen molar-refractivity contribution in [1.29, 1.82) is 0 Å². The largest absolute Gasteiger partial charge is 0.468 e. The molecule has 0 fully saturated rings. The number of fused-ring (bicyclic) bond motifs is 1. The van der Waals surface area contributed by atoms with E-state index in [1.165, 1.54) is 0 Å². The molecule has 31 heavy (non-hydrogen) atoms. The van der Waals surface area contributed by atoms with Crippen molar-refractivity contribution in [1.82, 2.24) is 9.91 Å². The van der Waals surface area contributed by atoms with Gasteiger partial charge in [-0.05, 0) is 55.4 Å². The quantitative estimate of drug-likeness (QED) is 0.506. The van der Waals surface area contributed by atoms with Crippen molar-refractivity contribution < 1.29 is 9.21 Å². The van der Waals surface area contributed by atoms with Gasteiger partial charge in [-0.1, -0.05) is 62.4 Å². The lowest BCUT2D eigenvalue weighted by atomic mass is 9.72. The summed E-state index contributed by atoms with van der Waals surface area (Å²) >= 11 is 0. The summed E-state index contributed by atoms with van der Waals surface area (Å²) in [7, 11) is 1.95. The molecule has 1 aliphatic heterocycles. The molecule has 0 spiro atoms. The number of para-hydroxylation sites is 1. The summed E-state index contributed by atoms with van der Waals surface area (Å²) < 4.78 is 5.55. The summed E-state index contributed by atoms with van der Waals surface area (Å²) in [5, 5.41) is 3.80. The van der Waals surface area contributed by atoms with Gasteiger partial charge in [0.2, 0.25) is 0 Å². The minimum atomic E-state index is -0.710. The van der Waals surface area contributed by atoms with Crippen molar-refractivity contribution in [3.8, 4) is 0 Å². The molecule has 0 bridgehead atoms. The van der Waals surface area contributed by atoms with E-state index in [1.54, 1.807) is 6.26 Å². The average Bonchev–Trinajstić information content (AvgIpc) is 3.39. The second kappa shape index (κ2) is 9.08. The first-order valence-electron chi connectivity index (χ1n) is 11.1. The third-order valence-electron chi connectivity index (χ3n) is 6.42. The van der Waals surface area contributed by atoms with Crippen molar-refractivity contribution in [2.75, 3.05) is 31.7 Å². The van der Waals surface area contributed by atoms with Gasteiger partial charge in [-0.15, -0.1) is 0 Å². The molecule has 1 aromatic heterocycles. The Hall–Kier alpha value is -2.89. The normalized spacial score (nSPS) is 18.2. The van der Waals surface area contributed by atoms with Gasteiger partial charge in [-0.2, -0.15) is 0 Å². The van der Waals surface area contributed by atoms with Gasteiger partial charge in [0, 0.05) is 7.05 Å². The molecule has 5 heteroatoms. The Morgan fingerprint density at radius 3 is 2.32 bits per heavy atom. The third-order valence-corrected chi connectivity index (χ3v) is 6.42. The average molecular weight is 418 g/mol. The van der Waals surface area contributed by atoms with E-state index in [4.69, 9.17) is 4.42 Å². The molecule has 162 valence electrons. The molecule has 2 heterocycles. The predicted molar refractivity (Wildman–Crippen MR) is 124 cm³/mol. The van der Waals surface area contributed by atoms with Crippen LogP contribution in [-0.4, -0.2) is 42.5 Å². The van der Waals surface area contributed by atoms with Crippen LogP contribution in [0.3, 0.4) is 0 Å². The van der Waals surface area contributed by atoms with E-state index < -0.39 is 5.41 Å². The first-order chi connectivity index (χ1) is 15.1. The van der Waals surface area contributed by atoms with Crippen LogP contribution in [0.25, 0.3) is 0 Å². The maximum Gasteiger partial charge on any atom is 0.256 e. The fraction of sp³-hybridized carbons (Fsp3) is 0.346. The summed E-state index contributed by atoms with van der Waals surface area (Å²) in [6.45, 7) is 7.67. The number of nitrogens with zero attached hydrogens (tertiary/aromatic N) is 3. The number of hydrazine groups is 1. The molecule has 0 aliphatic carbocycles. The topological polar surface area (TPSA) is 39.9 Å². The van der Waals surface area contributed by atoms with E-state index in [-0.39, 0.29) is 5.91 Å². The van der Waals surface area contributed by atoms with E-state index in [1.807, 2.05) is 65.6 Å². The second-order valence-electron chi connectivity index (χ2n) is 8.08. The summed E-state index contributed by atoms with van der Waals surface area (Å²) in [6.07, 6.45) is 2.40. The first-order valence-corrected chi connectivity index (χ1v) is 11.1. The molecule has 1 aliphatic rings. The molecule has 2 aromatic carbocycles. The maximum atomic E-state index is 14.3. The highest BCUT2D eigenvalue weighted by molar-refractivity contribution is 6.09. The fourth-order valence-electron chi connectivity index (χ4n) is 4.72. The number of anilines is 1. The Bertz CT molecular complexity index is 999. The lowest BCUT2D eigenvalue weighted by Gasteiger charge is -2.34. The summed E-state index contributed by atoms with van der Waals surface area (Å²) in [5.74, 6) is 0.925. The van der Waals surface area contributed by atoms with E-state index in [2.05, 4.69) is 36.9 Å². The van der Waals surface area contributed by atoms with Gasteiger partial charge in [0.05, 0.1) is 18.5 Å². The van der Waals surface area contributed by atoms with Crippen LogP contribution >= 0.6 is 0 Å². The highest BCUT2D eigenvalue weighted by atomic mass is 16.3. The number of amides is 1. The van der Waals surface area contributed by atoms with E-state index in [0.29, 0.717) is 6.54 Å². The second-order valence-corrected chi connectivity index (χ2v) is 8.08. The van der Waals surface area contributed by atoms with E-state index >= 15 is 0 Å². The Kier molecular flexibility index (Phi) is 6.25. The van der Waals surface area contributed by atoms with Gasteiger partial charge in [-0.25, -0.2) is 10.0 Å². The SMILES string of the molecule is CCN(CC)CC[C@@]1(c2ccccc2)C(=O)N(N(C)Cc2ccco2)c2ccccc21. The number of carbonyl (C=O) groups excluding carboxylic acids is 1. The number of hydrogen-bond donors (Lipinski definition) is 0. The first kappa shape index (κ1) is 21.3. The van der Waals surface area contributed by atoms with Gasteiger partial charge >= 0.3 is 0 Å². The molecule has 4 rings (SSSR count). The van der Waals surface area contributed by atoms with Crippen LogP contribution in [0.2, 0.25) is 0 Å². The van der Waals surface area contributed by atoms with Crippen LogP contribution in [0, 0.1) is 0 Å². The fourth-order valence-corrected chi connectivity index (χ4v) is 4.72. The smallest absolute Gasteiger partial charge is 0.256 e. The van der Waals surface area contributed by atoms with E-state index in [9.17, 15) is 4.79 Å². The zero-order valence-corrected chi connectivity index (χ0v) is 18.6. The predicted octanol–water partition coefficient (Wildman–Crippen LogP) is 4.69. The molecule has 1 atom stereocenters.